The molecule has 1 saturated carbocycles. The Balaban J connectivity index is 1.89. The van der Waals surface area contributed by atoms with Crippen LogP contribution in [0.1, 0.15) is 65.5 Å². The highest BCUT2D eigenvalue weighted by molar-refractivity contribution is 6.00. The minimum atomic E-state index is -1.13. The lowest BCUT2D eigenvalue weighted by Gasteiger charge is -2.47. The van der Waals surface area contributed by atoms with Crippen molar-refractivity contribution < 1.29 is 14.7 Å². The van der Waals surface area contributed by atoms with Crippen molar-refractivity contribution in [1.82, 2.24) is 4.90 Å². The van der Waals surface area contributed by atoms with E-state index in [0.29, 0.717) is 11.1 Å². The van der Waals surface area contributed by atoms with E-state index in [9.17, 15) is 14.7 Å². The molecule has 0 radical (unpaired) electrons. The van der Waals surface area contributed by atoms with Gasteiger partial charge in [-0.3, -0.25) is 4.79 Å². The van der Waals surface area contributed by atoms with Crippen molar-refractivity contribution in [3.05, 3.63) is 71.3 Å². The van der Waals surface area contributed by atoms with Gasteiger partial charge in [-0.05, 0) is 30.0 Å². The van der Waals surface area contributed by atoms with Crippen LogP contribution in [0.3, 0.4) is 0 Å². The van der Waals surface area contributed by atoms with Gasteiger partial charge in [0.15, 0.2) is 0 Å². The SMILES string of the molecule is O=C([O-])[C@@H]1c2ccccc2C(=O)N(C2CCCCC2)[C@@H]1c1ccccc1. The molecule has 0 unspecified atom stereocenters. The average Bonchev–Trinajstić information content (AvgIpc) is 2.69. The van der Waals surface area contributed by atoms with Crippen LogP contribution in [-0.2, 0) is 4.79 Å². The van der Waals surface area contributed by atoms with Crippen LogP contribution < -0.4 is 5.11 Å². The van der Waals surface area contributed by atoms with Crippen LogP contribution in [0.15, 0.2) is 54.6 Å². The molecule has 134 valence electrons. The van der Waals surface area contributed by atoms with Gasteiger partial charge in [0.25, 0.3) is 5.91 Å². The molecule has 2 aromatic rings. The Morgan fingerprint density at radius 2 is 1.58 bits per heavy atom. The fraction of sp³-hybridized carbons (Fsp3) is 0.364. The zero-order chi connectivity index (χ0) is 18.1. The van der Waals surface area contributed by atoms with Gasteiger partial charge in [-0.25, -0.2) is 0 Å². The average molecular weight is 348 g/mol. The van der Waals surface area contributed by atoms with Crippen LogP contribution in [0, 0.1) is 0 Å². The van der Waals surface area contributed by atoms with Gasteiger partial charge >= 0.3 is 0 Å². The van der Waals surface area contributed by atoms with E-state index in [1.807, 2.05) is 35.2 Å². The molecule has 0 bridgehead atoms. The number of amides is 1. The second kappa shape index (κ2) is 6.94. The molecular weight excluding hydrogens is 326 g/mol. The summed E-state index contributed by atoms with van der Waals surface area (Å²) in [6, 6.07) is 16.2. The second-order valence-electron chi connectivity index (χ2n) is 7.24. The zero-order valence-corrected chi connectivity index (χ0v) is 14.6. The van der Waals surface area contributed by atoms with Gasteiger partial charge in [-0.2, -0.15) is 0 Å². The summed E-state index contributed by atoms with van der Waals surface area (Å²) in [7, 11) is 0. The fourth-order valence-corrected chi connectivity index (χ4v) is 4.57. The summed E-state index contributed by atoms with van der Waals surface area (Å²) in [5.74, 6) is -2.04. The van der Waals surface area contributed by atoms with Gasteiger partial charge in [0.2, 0.25) is 0 Å². The minimum absolute atomic E-state index is 0.0566. The molecule has 0 saturated heterocycles. The molecule has 1 amide bonds. The molecule has 0 N–H and O–H groups in total. The normalized spacial score (nSPS) is 23.5. The maximum absolute atomic E-state index is 13.4. The van der Waals surface area contributed by atoms with Crippen molar-refractivity contribution in [2.75, 3.05) is 0 Å². The van der Waals surface area contributed by atoms with E-state index in [-0.39, 0.29) is 11.9 Å². The number of rotatable bonds is 3. The van der Waals surface area contributed by atoms with Crippen LogP contribution in [0.5, 0.6) is 0 Å². The summed E-state index contributed by atoms with van der Waals surface area (Å²) < 4.78 is 0. The number of hydrogen-bond donors (Lipinski definition) is 0. The summed E-state index contributed by atoms with van der Waals surface area (Å²) in [5, 5.41) is 12.2. The van der Waals surface area contributed by atoms with Crippen LogP contribution in [-0.4, -0.2) is 22.8 Å². The number of carbonyl (C=O) groups excluding carboxylic acids is 2. The molecule has 26 heavy (non-hydrogen) atoms. The standard InChI is InChI=1S/C22H23NO3/c24-21-18-14-8-7-13-17(18)19(22(25)26)20(15-9-3-1-4-10-15)23(21)16-11-5-2-6-12-16/h1,3-4,7-10,13-14,16,19-20H,2,5-6,11-12H2,(H,25,26)/p-1/t19-,20-/m1/s1. The van der Waals surface area contributed by atoms with Crippen molar-refractivity contribution in [3.8, 4) is 0 Å². The summed E-state index contributed by atoms with van der Waals surface area (Å²) >= 11 is 0. The van der Waals surface area contributed by atoms with Gasteiger partial charge in [-0.15, -0.1) is 0 Å². The third kappa shape index (κ3) is 2.79. The molecule has 1 aliphatic carbocycles. The monoisotopic (exact) mass is 348 g/mol. The van der Waals surface area contributed by atoms with Crippen molar-refractivity contribution in [1.29, 1.82) is 0 Å². The lowest BCUT2D eigenvalue weighted by molar-refractivity contribution is -0.309. The van der Waals surface area contributed by atoms with Crippen LogP contribution in [0.2, 0.25) is 0 Å². The quantitative estimate of drug-likeness (QED) is 0.856. The molecule has 1 fully saturated rings. The number of nitrogens with zero attached hydrogens (tertiary/aromatic N) is 1. The molecule has 2 aliphatic rings. The Kier molecular flexibility index (Phi) is 4.49. The smallest absolute Gasteiger partial charge is 0.254 e. The zero-order valence-electron chi connectivity index (χ0n) is 14.6. The molecule has 1 heterocycles. The summed E-state index contributed by atoms with van der Waals surface area (Å²) in [5.41, 5.74) is 1.92. The third-order valence-corrected chi connectivity index (χ3v) is 5.74. The van der Waals surface area contributed by atoms with Crippen LogP contribution in [0.4, 0.5) is 0 Å². The van der Waals surface area contributed by atoms with Gasteiger partial charge < -0.3 is 14.8 Å². The van der Waals surface area contributed by atoms with Crippen LogP contribution >= 0.6 is 0 Å². The highest BCUT2D eigenvalue weighted by atomic mass is 16.4. The van der Waals surface area contributed by atoms with E-state index in [1.54, 1.807) is 24.3 Å². The Labute approximate surface area is 153 Å². The van der Waals surface area contributed by atoms with E-state index >= 15 is 0 Å². The Morgan fingerprint density at radius 3 is 2.27 bits per heavy atom. The molecule has 4 rings (SSSR count). The van der Waals surface area contributed by atoms with E-state index < -0.39 is 17.9 Å². The first-order chi connectivity index (χ1) is 12.7. The van der Waals surface area contributed by atoms with Crippen molar-refractivity contribution >= 4 is 11.9 Å². The topological polar surface area (TPSA) is 60.4 Å². The molecule has 1 aliphatic heterocycles. The molecule has 2 aromatic carbocycles. The first kappa shape index (κ1) is 16.8. The molecular formula is C22H22NO3-. The van der Waals surface area contributed by atoms with E-state index in [4.69, 9.17) is 0 Å². The molecule has 0 aromatic heterocycles. The Morgan fingerprint density at radius 1 is 0.923 bits per heavy atom. The molecule has 4 heteroatoms. The number of carbonyl (C=O) groups is 2. The highest BCUT2D eigenvalue weighted by Gasteiger charge is 2.44. The maximum atomic E-state index is 13.4. The minimum Gasteiger partial charge on any atom is -0.549 e. The Hall–Kier alpha value is -2.62. The predicted molar refractivity (Wildman–Crippen MR) is 96.4 cm³/mol. The van der Waals surface area contributed by atoms with E-state index in [2.05, 4.69) is 0 Å². The molecule has 2 atom stereocenters. The number of carboxylic acid groups (broad SMARTS) is 1. The number of aliphatic carboxylic acids is 1. The number of fused-ring (bicyclic) bond motifs is 1. The molecule has 0 spiro atoms. The van der Waals surface area contributed by atoms with Gasteiger partial charge in [0, 0.05) is 17.5 Å². The van der Waals surface area contributed by atoms with Crippen molar-refractivity contribution in [2.45, 2.75) is 50.1 Å². The summed E-state index contributed by atoms with van der Waals surface area (Å²) in [4.78, 5) is 27.4. The Bertz CT molecular complexity index is 811. The fourth-order valence-electron chi connectivity index (χ4n) is 4.57. The van der Waals surface area contributed by atoms with Gasteiger partial charge in [0.1, 0.15) is 0 Å². The second-order valence-corrected chi connectivity index (χ2v) is 7.24. The lowest BCUT2D eigenvalue weighted by Crippen LogP contribution is -2.52. The van der Waals surface area contributed by atoms with Gasteiger partial charge in [0.05, 0.1) is 12.0 Å². The van der Waals surface area contributed by atoms with Gasteiger partial charge in [-0.1, -0.05) is 67.8 Å². The van der Waals surface area contributed by atoms with E-state index in [1.165, 1.54) is 6.42 Å². The largest absolute Gasteiger partial charge is 0.549 e. The third-order valence-electron chi connectivity index (χ3n) is 5.74. The van der Waals surface area contributed by atoms with E-state index in [0.717, 1.165) is 31.2 Å². The molecule has 4 nitrogen and oxygen atoms in total. The highest BCUT2D eigenvalue weighted by Crippen LogP contribution is 2.45. The number of hydrogen-bond acceptors (Lipinski definition) is 3. The summed E-state index contributed by atoms with van der Waals surface area (Å²) in [6.45, 7) is 0. The number of carboxylic acids is 1. The van der Waals surface area contributed by atoms with Crippen LogP contribution in [0.25, 0.3) is 0 Å². The predicted octanol–water partition coefficient (Wildman–Crippen LogP) is 3.05. The summed E-state index contributed by atoms with van der Waals surface area (Å²) in [6.07, 6.45) is 5.18. The lowest BCUT2D eigenvalue weighted by atomic mass is 9.77. The number of benzene rings is 2. The van der Waals surface area contributed by atoms with Crippen molar-refractivity contribution in [2.24, 2.45) is 0 Å². The first-order valence-electron chi connectivity index (χ1n) is 9.36. The maximum Gasteiger partial charge on any atom is 0.254 e. The first-order valence-corrected chi connectivity index (χ1v) is 9.36. The van der Waals surface area contributed by atoms with Crippen molar-refractivity contribution in [3.63, 3.8) is 0 Å².